The quantitative estimate of drug-likeness (QED) is 0.911. The van der Waals surface area contributed by atoms with Gasteiger partial charge in [-0.25, -0.2) is 4.98 Å². The predicted octanol–water partition coefficient (Wildman–Crippen LogP) is 3.30. The average Bonchev–Trinajstić information content (AvgIpc) is 2.89. The van der Waals surface area contributed by atoms with Crippen LogP contribution in [-0.2, 0) is 0 Å². The van der Waals surface area contributed by atoms with Crippen molar-refractivity contribution < 1.29 is 0 Å². The highest BCUT2D eigenvalue weighted by molar-refractivity contribution is 6.32. The number of halogens is 1. The second kappa shape index (κ2) is 5.35. The molecule has 0 spiro atoms. The minimum atomic E-state index is 0.570. The first-order valence-corrected chi connectivity index (χ1v) is 7.13. The maximum atomic E-state index is 6.37. The molecule has 0 bridgehead atoms. The van der Waals surface area contributed by atoms with Crippen LogP contribution in [0.3, 0.4) is 0 Å². The second-order valence-electron chi connectivity index (χ2n) is 5.17. The van der Waals surface area contributed by atoms with Crippen molar-refractivity contribution in [1.82, 2.24) is 14.9 Å². The first kappa shape index (κ1) is 12.7. The number of piperidine rings is 1. The molecule has 100 valence electrons. The van der Waals surface area contributed by atoms with E-state index >= 15 is 0 Å². The predicted molar refractivity (Wildman–Crippen MR) is 78.2 cm³/mol. The molecule has 1 saturated heterocycles. The third-order valence-electron chi connectivity index (χ3n) is 3.79. The highest BCUT2D eigenvalue weighted by Crippen LogP contribution is 2.29. The first-order chi connectivity index (χ1) is 9.25. The van der Waals surface area contributed by atoms with Gasteiger partial charge in [-0.3, -0.25) is 0 Å². The van der Waals surface area contributed by atoms with E-state index < -0.39 is 0 Å². The number of aromatic nitrogens is 2. The van der Waals surface area contributed by atoms with E-state index in [2.05, 4.69) is 33.9 Å². The molecule has 19 heavy (non-hydrogen) atoms. The second-order valence-corrected chi connectivity index (χ2v) is 5.57. The number of benzene rings is 1. The molecule has 1 aliphatic rings. The molecule has 1 aromatic carbocycles. The summed E-state index contributed by atoms with van der Waals surface area (Å²) in [5, 5.41) is 4.18. The van der Waals surface area contributed by atoms with Crippen LogP contribution in [0.2, 0.25) is 5.02 Å². The van der Waals surface area contributed by atoms with E-state index in [-0.39, 0.29) is 0 Å². The summed E-state index contributed by atoms with van der Waals surface area (Å²) in [6.45, 7) is 4.21. The lowest BCUT2D eigenvalue weighted by atomic mass is 9.95. The van der Waals surface area contributed by atoms with Gasteiger partial charge in [0, 0.05) is 17.8 Å². The normalized spacial score (nSPS) is 16.7. The van der Waals surface area contributed by atoms with Crippen molar-refractivity contribution in [2.75, 3.05) is 13.1 Å². The summed E-state index contributed by atoms with van der Waals surface area (Å²) in [6.07, 6.45) is 6.17. The van der Waals surface area contributed by atoms with E-state index in [0.29, 0.717) is 5.92 Å². The lowest BCUT2D eigenvalue weighted by molar-refractivity contribution is 0.449. The Morgan fingerprint density at radius 1 is 1.32 bits per heavy atom. The largest absolute Gasteiger partial charge is 0.317 e. The van der Waals surface area contributed by atoms with Gasteiger partial charge in [0.15, 0.2) is 0 Å². The standard InChI is InChI=1S/C15H18ClN3/c1-11-2-3-14(13(16)8-11)19-10-18-9-15(19)12-4-6-17-7-5-12/h2-3,8-10,12,17H,4-7H2,1H3. The van der Waals surface area contributed by atoms with Crippen molar-refractivity contribution >= 4 is 11.6 Å². The maximum Gasteiger partial charge on any atom is 0.0994 e. The van der Waals surface area contributed by atoms with Gasteiger partial charge in [-0.15, -0.1) is 0 Å². The van der Waals surface area contributed by atoms with Crippen molar-refractivity contribution in [3.05, 3.63) is 47.0 Å². The van der Waals surface area contributed by atoms with Crippen LogP contribution in [0.25, 0.3) is 5.69 Å². The summed E-state index contributed by atoms with van der Waals surface area (Å²) in [7, 11) is 0. The SMILES string of the molecule is Cc1ccc(-n2cncc2C2CCNCC2)c(Cl)c1. The maximum absolute atomic E-state index is 6.37. The summed E-state index contributed by atoms with van der Waals surface area (Å²) in [4.78, 5) is 4.32. The molecule has 2 heterocycles. The molecule has 1 fully saturated rings. The zero-order valence-electron chi connectivity index (χ0n) is 11.1. The Balaban J connectivity index is 1.99. The Morgan fingerprint density at radius 3 is 2.84 bits per heavy atom. The van der Waals surface area contributed by atoms with Gasteiger partial charge in [-0.2, -0.15) is 0 Å². The van der Waals surface area contributed by atoms with Crippen molar-refractivity contribution in [3.8, 4) is 5.69 Å². The van der Waals surface area contributed by atoms with Crippen LogP contribution in [0, 0.1) is 6.92 Å². The van der Waals surface area contributed by atoms with Crippen molar-refractivity contribution in [2.24, 2.45) is 0 Å². The molecule has 3 rings (SSSR count). The van der Waals surface area contributed by atoms with Gasteiger partial charge >= 0.3 is 0 Å². The van der Waals surface area contributed by atoms with Crippen molar-refractivity contribution in [2.45, 2.75) is 25.7 Å². The fourth-order valence-electron chi connectivity index (χ4n) is 2.73. The van der Waals surface area contributed by atoms with E-state index in [0.717, 1.165) is 36.6 Å². The van der Waals surface area contributed by atoms with Crippen molar-refractivity contribution in [3.63, 3.8) is 0 Å². The van der Waals surface area contributed by atoms with Gasteiger partial charge < -0.3 is 9.88 Å². The monoisotopic (exact) mass is 275 g/mol. The van der Waals surface area contributed by atoms with Crippen LogP contribution >= 0.6 is 11.6 Å². The third-order valence-corrected chi connectivity index (χ3v) is 4.09. The van der Waals surface area contributed by atoms with E-state index in [1.165, 1.54) is 11.3 Å². The molecular weight excluding hydrogens is 258 g/mol. The molecule has 0 aliphatic carbocycles. The fourth-order valence-corrected chi connectivity index (χ4v) is 3.06. The highest BCUT2D eigenvalue weighted by Gasteiger charge is 2.20. The minimum absolute atomic E-state index is 0.570. The Kier molecular flexibility index (Phi) is 3.58. The molecular formula is C15H18ClN3. The fraction of sp³-hybridized carbons (Fsp3) is 0.400. The number of imidazole rings is 1. The van der Waals surface area contributed by atoms with Crippen molar-refractivity contribution in [1.29, 1.82) is 0 Å². The van der Waals surface area contributed by atoms with Crippen LogP contribution in [0.1, 0.15) is 30.0 Å². The number of nitrogens with zero attached hydrogens (tertiary/aromatic N) is 2. The van der Waals surface area contributed by atoms with Gasteiger partial charge in [0.05, 0.1) is 17.0 Å². The highest BCUT2D eigenvalue weighted by atomic mass is 35.5. The Morgan fingerprint density at radius 2 is 2.11 bits per heavy atom. The van der Waals surface area contributed by atoms with Gasteiger partial charge in [0.1, 0.15) is 0 Å². The van der Waals surface area contributed by atoms with Gasteiger partial charge in [-0.05, 0) is 50.6 Å². The Hall–Kier alpha value is -1.32. The van der Waals surface area contributed by atoms with Crippen LogP contribution in [0.4, 0.5) is 0 Å². The van der Waals surface area contributed by atoms with Crippen LogP contribution in [0.15, 0.2) is 30.7 Å². The molecule has 1 aromatic heterocycles. The molecule has 0 unspecified atom stereocenters. The van der Waals surface area contributed by atoms with Crippen LogP contribution < -0.4 is 5.32 Å². The van der Waals surface area contributed by atoms with Gasteiger partial charge in [-0.1, -0.05) is 17.7 Å². The van der Waals surface area contributed by atoms with E-state index in [4.69, 9.17) is 11.6 Å². The van der Waals surface area contributed by atoms with E-state index in [1.54, 1.807) is 0 Å². The molecule has 0 saturated carbocycles. The van der Waals surface area contributed by atoms with Gasteiger partial charge in [0.2, 0.25) is 0 Å². The van der Waals surface area contributed by atoms with E-state index in [9.17, 15) is 0 Å². The number of hydrogen-bond acceptors (Lipinski definition) is 2. The molecule has 4 heteroatoms. The average molecular weight is 276 g/mol. The van der Waals surface area contributed by atoms with Crippen LogP contribution in [0.5, 0.6) is 0 Å². The molecule has 0 radical (unpaired) electrons. The summed E-state index contributed by atoms with van der Waals surface area (Å²) in [6, 6.07) is 6.17. The molecule has 2 aromatic rings. The summed E-state index contributed by atoms with van der Waals surface area (Å²) < 4.78 is 2.14. The number of aryl methyl sites for hydroxylation is 1. The van der Waals surface area contributed by atoms with Gasteiger partial charge in [0.25, 0.3) is 0 Å². The zero-order chi connectivity index (χ0) is 13.2. The topological polar surface area (TPSA) is 29.9 Å². The summed E-state index contributed by atoms with van der Waals surface area (Å²) in [5.41, 5.74) is 3.47. The molecule has 1 N–H and O–H groups in total. The Labute approximate surface area is 118 Å². The third kappa shape index (κ3) is 2.53. The summed E-state index contributed by atoms with van der Waals surface area (Å²) in [5.74, 6) is 0.570. The van der Waals surface area contributed by atoms with Crippen LogP contribution in [-0.4, -0.2) is 22.6 Å². The van der Waals surface area contributed by atoms with E-state index in [1.807, 2.05) is 18.6 Å². The Bertz CT molecular complexity index is 571. The number of hydrogen-bond donors (Lipinski definition) is 1. The number of rotatable bonds is 2. The zero-order valence-corrected chi connectivity index (χ0v) is 11.8. The molecule has 0 amide bonds. The molecule has 3 nitrogen and oxygen atoms in total. The lowest BCUT2D eigenvalue weighted by Crippen LogP contribution is -2.27. The molecule has 0 atom stereocenters. The summed E-state index contributed by atoms with van der Waals surface area (Å²) >= 11 is 6.37. The first-order valence-electron chi connectivity index (χ1n) is 6.75. The minimum Gasteiger partial charge on any atom is -0.317 e. The lowest BCUT2D eigenvalue weighted by Gasteiger charge is -2.24. The number of nitrogens with one attached hydrogen (secondary N) is 1. The smallest absolute Gasteiger partial charge is 0.0994 e. The molecule has 1 aliphatic heterocycles.